The van der Waals surface area contributed by atoms with Crippen molar-refractivity contribution in [1.82, 2.24) is 10.6 Å². The molecule has 7 saturated heterocycles. The van der Waals surface area contributed by atoms with Gasteiger partial charge in [0.1, 0.15) is 165 Å². The van der Waals surface area contributed by atoms with Crippen LogP contribution in [0.5, 0.6) is 0 Å². The van der Waals surface area contributed by atoms with Crippen LogP contribution in [-0.4, -0.2) is 375 Å². The number of carbonyl (C=O) groups is 2. The van der Waals surface area contributed by atoms with E-state index in [9.17, 15) is 112 Å². The van der Waals surface area contributed by atoms with Gasteiger partial charge in [0.05, 0.1) is 58.4 Å². The molecule has 0 aliphatic carbocycles. The predicted octanol–water partition coefficient (Wildman–Crippen LogP) is -14.9. The fraction of sp³-hybridized carbons (Fsp3) is 0.957. The Kier molecular flexibility index (Phi) is 24.6. The van der Waals surface area contributed by atoms with Crippen molar-refractivity contribution in [2.75, 3.05) is 46.2 Å². The molecule has 14 unspecified atom stereocenters. The Morgan fingerprint density at radius 3 is 1.05 bits per heavy atom. The van der Waals surface area contributed by atoms with Gasteiger partial charge in [-0.05, 0) is 6.92 Å². The van der Waals surface area contributed by atoms with E-state index in [1.807, 2.05) is 0 Å². The molecule has 7 heterocycles. The van der Waals surface area contributed by atoms with Gasteiger partial charge in [0.25, 0.3) is 0 Å². The highest BCUT2D eigenvalue weighted by atomic mass is 16.8. The molecule has 7 aliphatic rings. The first-order valence-corrected chi connectivity index (χ1v) is 26.9. The SMILES string of the molecule is CC(=O)N[C@H]1C(O)[C@H](O[C@@H]2OC(CO[C@H]3OC(CO[C@H]4OC(CO)[C@@H](O)C(O)[C@H]4O)[C@@H](O)C(O[C@H]4O[C@@H](CO)[C@@H](O)C(O)C4O)[C@H]3O)[C@@H](O)C(O[C@H]3O[C@@H](CO)[C@@H](O)C(O)C3O)[C@H]2O)C(CO)O[C@H]1O[C@@H]1C(CO)O[C@@H](C)[C@@H](NC(C)=O)C1O. The zero-order valence-corrected chi connectivity index (χ0v) is 45.2. The quantitative estimate of drug-likeness (QED) is 0.0507. The van der Waals surface area contributed by atoms with Crippen LogP contribution in [0.4, 0.5) is 0 Å². The number of hydrogen-bond donors (Lipinski definition) is 22. The fourth-order valence-electron chi connectivity index (χ4n) is 10.8. The molecule has 2 amide bonds. The highest BCUT2D eigenvalue weighted by Gasteiger charge is 2.58. The Labute approximate surface area is 476 Å². The summed E-state index contributed by atoms with van der Waals surface area (Å²) in [5.74, 6) is -1.41. The molecule has 0 aromatic rings. The van der Waals surface area contributed by atoms with Crippen molar-refractivity contribution in [3.05, 3.63) is 0 Å². The van der Waals surface area contributed by atoms with Gasteiger partial charge < -0.3 is 174 Å². The lowest BCUT2D eigenvalue weighted by molar-refractivity contribution is -0.387. The first-order chi connectivity index (χ1) is 39.7. The van der Waals surface area contributed by atoms with Gasteiger partial charge in [-0.25, -0.2) is 0 Å². The minimum absolute atomic E-state index is 0.578. The molecule has 22 N–H and O–H groups in total. The Bertz CT molecular complexity index is 2060. The van der Waals surface area contributed by atoms with Crippen LogP contribution in [0.15, 0.2) is 0 Å². The maximum Gasteiger partial charge on any atom is 0.217 e. The molecule has 84 heavy (non-hydrogen) atoms. The van der Waals surface area contributed by atoms with Crippen LogP contribution in [0.1, 0.15) is 20.8 Å². The third-order valence-electron chi connectivity index (χ3n) is 15.6. The lowest BCUT2D eigenvalue weighted by Gasteiger charge is -2.50. The molecule has 0 spiro atoms. The molecular formula is C47H80N2O35. The number of ether oxygens (including phenoxy) is 13. The van der Waals surface area contributed by atoms with Crippen molar-refractivity contribution in [1.29, 1.82) is 0 Å². The Morgan fingerprint density at radius 1 is 0.321 bits per heavy atom. The summed E-state index contributed by atoms with van der Waals surface area (Å²) < 4.78 is 75.1. The van der Waals surface area contributed by atoms with E-state index < -0.39 is 273 Å². The van der Waals surface area contributed by atoms with Crippen molar-refractivity contribution in [3.63, 3.8) is 0 Å². The first-order valence-electron chi connectivity index (χ1n) is 26.9. The molecule has 37 heteroatoms. The summed E-state index contributed by atoms with van der Waals surface area (Å²) in [4.78, 5) is 24.8. The lowest BCUT2D eigenvalue weighted by atomic mass is 9.92. The molecule has 37 nitrogen and oxygen atoms in total. The highest BCUT2D eigenvalue weighted by Crippen LogP contribution is 2.37. The minimum Gasteiger partial charge on any atom is -0.394 e. The molecule has 0 bridgehead atoms. The van der Waals surface area contributed by atoms with E-state index >= 15 is 0 Å². The molecular weight excluding hydrogens is 1150 g/mol. The molecule has 35 atom stereocenters. The highest BCUT2D eigenvalue weighted by molar-refractivity contribution is 5.73. The van der Waals surface area contributed by atoms with Gasteiger partial charge in [0.15, 0.2) is 37.7 Å². The summed E-state index contributed by atoms with van der Waals surface area (Å²) in [5.41, 5.74) is 0. The van der Waals surface area contributed by atoms with E-state index in [-0.39, 0.29) is 0 Å². The number of rotatable bonds is 21. The van der Waals surface area contributed by atoms with E-state index in [1.54, 1.807) is 0 Å². The third-order valence-corrected chi connectivity index (χ3v) is 15.6. The van der Waals surface area contributed by atoms with Gasteiger partial charge in [-0.1, -0.05) is 0 Å². The van der Waals surface area contributed by atoms with Crippen LogP contribution < -0.4 is 10.6 Å². The van der Waals surface area contributed by atoms with Crippen LogP contribution in [-0.2, 0) is 71.2 Å². The Hall–Kier alpha value is -2.38. The molecule has 0 aromatic heterocycles. The zero-order valence-electron chi connectivity index (χ0n) is 45.2. The first kappa shape index (κ1) is 69.1. The lowest BCUT2D eigenvalue weighted by Crippen LogP contribution is -2.70. The van der Waals surface area contributed by atoms with E-state index in [2.05, 4.69) is 10.6 Å². The summed E-state index contributed by atoms with van der Waals surface area (Å²) in [6.07, 6.45) is -62.9. The number of nitrogens with one attached hydrogen (secondary N) is 2. The number of amides is 2. The standard InChI is InChI=1S/C47H80N2O35/c1-11-21(48-12(2)55)28(62)38(17(7-53)74-11)81-42-22(49-13(3)56)29(63)39(18(8-54)78-42)82-47-37(71)41(84-46-35(69)32(66)25(59)16(6-52)77-46)27(61)20(80-47)10-73-44-36(70)40(83-45-34(68)31(65)24(58)15(5-51)76-45)26(60)19(79-44)9-72-43-33(67)30(64)23(57)14(4-50)75-43/h11,14-47,50-54,57-71H,4-10H2,1-3H3,(H,48,55)(H,49,56)/t11-,14?,15-,16-,17?,18?,19?,20?,21+,22-,23+,24+,25+,26+,27+,28?,29?,30?,31?,32?,33+,34?,35?,36+,37+,38+,39+,40?,41?,42-,43-,44-,45+,46+,47-/m0/s1. The Balaban J connectivity index is 1.17. The van der Waals surface area contributed by atoms with Crippen molar-refractivity contribution in [3.8, 4) is 0 Å². The summed E-state index contributed by atoms with van der Waals surface area (Å²) in [6, 6.07) is -2.86. The maximum absolute atomic E-state index is 12.7. The summed E-state index contributed by atoms with van der Waals surface area (Å²) >= 11 is 0. The molecule has 488 valence electrons. The summed E-state index contributed by atoms with van der Waals surface area (Å²) in [7, 11) is 0. The second-order valence-electron chi connectivity index (χ2n) is 21.4. The molecule has 7 rings (SSSR count). The van der Waals surface area contributed by atoms with Crippen LogP contribution in [0, 0.1) is 0 Å². The molecule has 0 aromatic carbocycles. The second kappa shape index (κ2) is 30.0. The number of aliphatic hydroxyl groups is 20. The topological polar surface area (TPSA) is 583 Å². The molecule has 0 radical (unpaired) electrons. The third kappa shape index (κ3) is 14.9. The van der Waals surface area contributed by atoms with E-state index in [0.717, 1.165) is 13.8 Å². The van der Waals surface area contributed by atoms with Crippen LogP contribution >= 0.6 is 0 Å². The zero-order chi connectivity index (χ0) is 61.9. The van der Waals surface area contributed by atoms with Gasteiger partial charge in [-0.3, -0.25) is 9.59 Å². The summed E-state index contributed by atoms with van der Waals surface area (Å²) in [5, 5.41) is 221. The predicted molar refractivity (Wildman–Crippen MR) is 258 cm³/mol. The van der Waals surface area contributed by atoms with Crippen LogP contribution in [0.2, 0.25) is 0 Å². The van der Waals surface area contributed by atoms with Gasteiger partial charge >= 0.3 is 0 Å². The molecule has 0 saturated carbocycles. The average Bonchev–Trinajstić information content (AvgIpc) is 2.70. The van der Waals surface area contributed by atoms with Crippen molar-refractivity contribution in [2.24, 2.45) is 0 Å². The van der Waals surface area contributed by atoms with E-state index in [0.29, 0.717) is 0 Å². The number of aliphatic hydroxyl groups excluding tert-OH is 20. The monoisotopic (exact) mass is 1230 g/mol. The minimum atomic E-state index is -2.32. The number of hydrogen-bond acceptors (Lipinski definition) is 35. The van der Waals surface area contributed by atoms with Gasteiger partial charge in [0.2, 0.25) is 11.8 Å². The van der Waals surface area contributed by atoms with Crippen LogP contribution in [0.3, 0.4) is 0 Å². The Morgan fingerprint density at radius 2 is 0.619 bits per heavy atom. The smallest absolute Gasteiger partial charge is 0.217 e. The van der Waals surface area contributed by atoms with Gasteiger partial charge in [-0.2, -0.15) is 0 Å². The van der Waals surface area contributed by atoms with Crippen molar-refractivity contribution < 1.29 is 173 Å². The second-order valence-corrected chi connectivity index (χ2v) is 21.4. The van der Waals surface area contributed by atoms with Gasteiger partial charge in [0, 0.05) is 13.8 Å². The largest absolute Gasteiger partial charge is 0.394 e. The molecule has 7 fully saturated rings. The maximum atomic E-state index is 12.7. The van der Waals surface area contributed by atoms with Crippen LogP contribution in [0.25, 0.3) is 0 Å². The summed E-state index contributed by atoms with van der Waals surface area (Å²) in [6.45, 7) is -2.89. The van der Waals surface area contributed by atoms with E-state index in [1.165, 1.54) is 6.92 Å². The average molecular weight is 1230 g/mol. The number of carbonyl (C=O) groups excluding carboxylic acids is 2. The fourth-order valence-corrected chi connectivity index (χ4v) is 10.8. The molecule has 7 aliphatic heterocycles. The van der Waals surface area contributed by atoms with E-state index in [4.69, 9.17) is 61.6 Å². The van der Waals surface area contributed by atoms with Gasteiger partial charge in [-0.15, -0.1) is 0 Å². The normalized spacial score (nSPS) is 50.3. The van der Waals surface area contributed by atoms with Crippen molar-refractivity contribution in [2.45, 2.75) is 235 Å². The van der Waals surface area contributed by atoms with Crippen molar-refractivity contribution >= 4 is 11.8 Å².